The molecular formula is C15H21NO3S. The largest absolute Gasteiger partial charge is 0.379 e. The summed E-state index contributed by atoms with van der Waals surface area (Å²) in [4.78, 5) is 12.1. The van der Waals surface area contributed by atoms with Crippen LogP contribution in [0.25, 0.3) is 0 Å². The minimum atomic E-state index is -0.0817. The minimum Gasteiger partial charge on any atom is -0.379 e. The van der Waals surface area contributed by atoms with Gasteiger partial charge in [0.25, 0.3) is 5.91 Å². The molecule has 2 rings (SSSR count). The van der Waals surface area contributed by atoms with Crippen molar-refractivity contribution in [3.8, 4) is 0 Å². The fourth-order valence-corrected chi connectivity index (χ4v) is 2.67. The van der Waals surface area contributed by atoms with Crippen molar-refractivity contribution in [2.45, 2.75) is 32.4 Å². The molecule has 4 nitrogen and oxygen atoms in total. The molecule has 1 amide bonds. The molecule has 1 aliphatic heterocycles. The monoisotopic (exact) mass is 295 g/mol. The molecule has 2 atom stereocenters. The third kappa shape index (κ3) is 4.44. The fourth-order valence-electron chi connectivity index (χ4n) is 2.04. The summed E-state index contributed by atoms with van der Waals surface area (Å²) in [5, 5.41) is 6.75. The first-order valence-electron chi connectivity index (χ1n) is 6.82. The average molecular weight is 295 g/mol. The average Bonchev–Trinajstić information content (AvgIpc) is 2.94. The van der Waals surface area contributed by atoms with E-state index in [-0.39, 0.29) is 18.1 Å². The Morgan fingerprint density at radius 3 is 3.15 bits per heavy atom. The lowest BCUT2D eigenvalue weighted by molar-refractivity contribution is -0.0457. The van der Waals surface area contributed by atoms with E-state index in [0.29, 0.717) is 25.4 Å². The van der Waals surface area contributed by atoms with Crippen molar-refractivity contribution < 1.29 is 14.3 Å². The summed E-state index contributed by atoms with van der Waals surface area (Å²) in [5.74, 6) is -0.0578. The molecule has 2 heterocycles. The number of amides is 1. The molecule has 20 heavy (non-hydrogen) atoms. The Morgan fingerprint density at radius 1 is 1.60 bits per heavy atom. The Labute approximate surface area is 123 Å². The van der Waals surface area contributed by atoms with Gasteiger partial charge in [0.05, 0.1) is 25.4 Å². The van der Waals surface area contributed by atoms with Gasteiger partial charge < -0.3 is 14.8 Å². The molecule has 0 spiro atoms. The van der Waals surface area contributed by atoms with E-state index in [1.165, 1.54) is 16.9 Å². The van der Waals surface area contributed by atoms with E-state index in [0.717, 1.165) is 6.42 Å². The maximum absolute atomic E-state index is 12.1. The second-order valence-corrected chi connectivity index (χ2v) is 5.89. The van der Waals surface area contributed by atoms with Gasteiger partial charge in [-0.05, 0) is 31.7 Å². The molecule has 1 saturated heterocycles. The highest BCUT2D eigenvalue weighted by Crippen LogP contribution is 2.14. The van der Waals surface area contributed by atoms with Crippen LogP contribution in [0.4, 0.5) is 0 Å². The zero-order chi connectivity index (χ0) is 14.4. The van der Waals surface area contributed by atoms with Crippen LogP contribution in [-0.4, -0.2) is 37.9 Å². The molecule has 0 unspecified atom stereocenters. The molecule has 1 aromatic rings. The lowest BCUT2D eigenvalue weighted by Gasteiger charge is -2.31. The van der Waals surface area contributed by atoms with E-state index in [1.54, 1.807) is 0 Å². The first-order chi connectivity index (χ1) is 9.66. The number of carbonyl (C=O) groups excluding carboxylic acids is 1. The van der Waals surface area contributed by atoms with Gasteiger partial charge in [0.15, 0.2) is 0 Å². The predicted molar refractivity (Wildman–Crippen MR) is 80.2 cm³/mol. The highest BCUT2D eigenvalue weighted by Gasteiger charge is 2.28. The molecule has 0 aliphatic carbocycles. The van der Waals surface area contributed by atoms with E-state index < -0.39 is 0 Å². The SMILES string of the molecule is CC(C)=CCO[C@H]1CCOC[C@H]1NC(=O)c1ccsc1. The first kappa shape index (κ1) is 15.2. The van der Waals surface area contributed by atoms with E-state index in [4.69, 9.17) is 9.47 Å². The topological polar surface area (TPSA) is 47.6 Å². The number of thiophene rings is 1. The number of rotatable bonds is 5. The molecule has 110 valence electrons. The molecular weight excluding hydrogens is 274 g/mol. The molecule has 1 aromatic heterocycles. The van der Waals surface area contributed by atoms with Gasteiger partial charge in [-0.2, -0.15) is 11.3 Å². The highest BCUT2D eigenvalue weighted by atomic mass is 32.1. The lowest BCUT2D eigenvalue weighted by atomic mass is 10.1. The van der Waals surface area contributed by atoms with Crippen molar-refractivity contribution in [1.82, 2.24) is 5.32 Å². The van der Waals surface area contributed by atoms with Gasteiger partial charge in [0.1, 0.15) is 0 Å². The Kier molecular flexibility index (Phi) is 5.76. The molecule has 1 fully saturated rings. The van der Waals surface area contributed by atoms with Crippen LogP contribution in [0, 0.1) is 0 Å². The van der Waals surface area contributed by atoms with Crippen LogP contribution in [0.2, 0.25) is 0 Å². The Bertz CT molecular complexity index is 452. The Balaban J connectivity index is 1.89. The second kappa shape index (κ2) is 7.57. The van der Waals surface area contributed by atoms with Gasteiger partial charge in [-0.3, -0.25) is 4.79 Å². The molecule has 5 heteroatoms. The van der Waals surface area contributed by atoms with Gasteiger partial charge in [-0.1, -0.05) is 11.6 Å². The van der Waals surface area contributed by atoms with Crippen LogP contribution in [0.15, 0.2) is 28.5 Å². The number of hydrogen-bond donors (Lipinski definition) is 1. The highest BCUT2D eigenvalue weighted by molar-refractivity contribution is 7.08. The molecule has 0 saturated carbocycles. The number of hydrogen-bond acceptors (Lipinski definition) is 4. The summed E-state index contributed by atoms with van der Waals surface area (Å²) >= 11 is 1.52. The fraction of sp³-hybridized carbons (Fsp3) is 0.533. The maximum atomic E-state index is 12.1. The maximum Gasteiger partial charge on any atom is 0.252 e. The van der Waals surface area contributed by atoms with Crippen molar-refractivity contribution in [2.24, 2.45) is 0 Å². The summed E-state index contributed by atoms with van der Waals surface area (Å²) in [6.45, 7) is 5.86. The second-order valence-electron chi connectivity index (χ2n) is 5.11. The smallest absolute Gasteiger partial charge is 0.252 e. The van der Waals surface area contributed by atoms with Gasteiger partial charge in [0, 0.05) is 17.6 Å². The van der Waals surface area contributed by atoms with E-state index in [1.807, 2.05) is 36.7 Å². The quantitative estimate of drug-likeness (QED) is 0.850. The van der Waals surface area contributed by atoms with E-state index in [2.05, 4.69) is 5.32 Å². The third-order valence-electron chi connectivity index (χ3n) is 3.19. The summed E-state index contributed by atoms with van der Waals surface area (Å²) in [5.41, 5.74) is 1.93. The molecule has 1 aliphatic rings. The van der Waals surface area contributed by atoms with Crippen molar-refractivity contribution in [3.05, 3.63) is 34.0 Å². The van der Waals surface area contributed by atoms with Crippen molar-refractivity contribution in [1.29, 1.82) is 0 Å². The Morgan fingerprint density at radius 2 is 2.45 bits per heavy atom. The van der Waals surface area contributed by atoms with Crippen LogP contribution in [0.5, 0.6) is 0 Å². The third-order valence-corrected chi connectivity index (χ3v) is 3.88. The van der Waals surface area contributed by atoms with Crippen LogP contribution >= 0.6 is 11.3 Å². The summed E-state index contributed by atoms with van der Waals surface area (Å²) in [6.07, 6.45) is 2.88. The number of ether oxygens (including phenoxy) is 2. The molecule has 0 aromatic carbocycles. The number of allylic oxidation sites excluding steroid dienone is 1. The lowest BCUT2D eigenvalue weighted by Crippen LogP contribution is -2.50. The molecule has 0 bridgehead atoms. The number of carbonyl (C=O) groups is 1. The predicted octanol–water partition coefficient (Wildman–Crippen LogP) is 2.62. The van der Waals surface area contributed by atoms with Crippen LogP contribution in [-0.2, 0) is 9.47 Å². The van der Waals surface area contributed by atoms with Crippen molar-refractivity contribution in [2.75, 3.05) is 19.8 Å². The van der Waals surface area contributed by atoms with Gasteiger partial charge in [0.2, 0.25) is 0 Å². The van der Waals surface area contributed by atoms with E-state index >= 15 is 0 Å². The van der Waals surface area contributed by atoms with Crippen molar-refractivity contribution >= 4 is 17.2 Å². The van der Waals surface area contributed by atoms with Gasteiger partial charge >= 0.3 is 0 Å². The van der Waals surface area contributed by atoms with Crippen LogP contribution < -0.4 is 5.32 Å². The Hall–Kier alpha value is -1.17. The first-order valence-corrected chi connectivity index (χ1v) is 7.77. The normalized spacial score (nSPS) is 22.3. The number of nitrogens with one attached hydrogen (secondary N) is 1. The van der Waals surface area contributed by atoms with Crippen LogP contribution in [0.3, 0.4) is 0 Å². The summed E-state index contributed by atoms with van der Waals surface area (Å²) < 4.78 is 11.3. The molecule has 0 radical (unpaired) electrons. The van der Waals surface area contributed by atoms with E-state index in [9.17, 15) is 4.79 Å². The molecule has 1 N–H and O–H groups in total. The summed E-state index contributed by atoms with van der Waals surface area (Å²) in [7, 11) is 0. The standard InChI is InChI=1S/C15H21NO3S/c1-11(2)3-7-19-14-4-6-18-9-13(14)16-15(17)12-5-8-20-10-12/h3,5,8,10,13-14H,4,6-7,9H2,1-2H3,(H,16,17)/t13-,14+/m1/s1. The van der Waals surface area contributed by atoms with Crippen LogP contribution in [0.1, 0.15) is 30.6 Å². The minimum absolute atomic E-state index is 0.0157. The van der Waals surface area contributed by atoms with Crippen molar-refractivity contribution in [3.63, 3.8) is 0 Å². The summed E-state index contributed by atoms with van der Waals surface area (Å²) in [6, 6.07) is 1.74. The zero-order valence-electron chi connectivity index (χ0n) is 11.9. The zero-order valence-corrected chi connectivity index (χ0v) is 12.7. The van der Waals surface area contributed by atoms with Gasteiger partial charge in [-0.15, -0.1) is 0 Å². The van der Waals surface area contributed by atoms with Gasteiger partial charge in [-0.25, -0.2) is 0 Å².